The van der Waals surface area contributed by atoms with Crippen LogP contribution < -0.4 is 5.32 Å². The smallest absolute Gasteiger partial charge is 0.305 e. The van der Waals surface area contributed by atoms with E-state index in [9.17, 15) is 9.18 Å². The molecule has 0 aliphatic rings. The molecule has 0 radical (unpaired) electrons. The first kappa shape index (κ1) is 14.9. The van der Waals surface area contributed by atoms with Crippen molar-refractivity contribution in [1.82, 2.24) is 4.98 Å². The number of nitrogens with zero attached hydrogens (tertiary/aromatic N) is 1. The second kappa shape index (κ2) is 6.81. The Bertz CT molecular complexity index is 618. The number of hydrogen-bond donors (Lipinski definition) is 1. The Morgan fingerprint density at radius 3 is 3.10 bits per heavy atom. The Morgan fingerprint density at radius 1 is 1.55 bits per heavy atom. The molecule has 0 aliphatic heterocycles. The van der Waals surface area contributed by atoms with Gasteiger partial charge >= 0.3 is 5.97 Å². The lowest BCUT2D eigenvalue weighted by Gasteiger charge is -2.04. The lowest BCUT2D eigenvalue weighted by molar-refractivity contribution is -0.140. The predicted octanol–water partition coefficient (Wildman–Crippen LogP) is 3.89. The molecular formula is C13H12BrFN2O2S. The topological polar surface area (TPSA) is 51.2 Å². The number of rotatable bonds is 5. The number of hydrogen-bond acceptors (Lipinski definition) is 5. The highest BCUT2D eigenvalue weighted by molar-refractivity contribution is 9.10. The van der Waals surface area contributed by atoms with E-state index in [-0.39, 0.29) is 18.2 Å². The van der Waals surface area contributed by atoms with E-state index in [1.165, 1.54) is 24.5 Å². The van der Waals surface area contributed by atoms with Crippen molar-refractivity contribution in [3.8, 4) is 0 Å². The highest BCUT2D eigenvalue weighted by Crippen LogP contribution is 2.26. The number of thiazole rings is 1. The largest absolute Gasteiger partial charge is 0.469 e. The molecule has 0 saturated carbocycles. The zero-order valence-electron chi connectivity index (χ0n) is 10.7. The van der Waals surface area contributed by atoms with Crippen LogP contribution >= 0.6 is 27.3 Å². The maximum absolute atomic E-state index is 13.6. The van der Waals surface area contributed by atoms with E-state index >= 15 is 0 Å². The van der Waals surface area contributed by atoms with Gasteiger partial charge in [-0.05, 0) is 18.2 Å². The van der Waals surface area contributed by atoms with E-state index < -0.39 is 0 Å². The first-order valence-corrected chi connectivity index (χ1v) is 7.49. The maximum Gasteiger partial charge on any atom is 0.305 e. The van der Waals surface area contributed by atoms with Gasteiger partial charge in [0.05, 0.1) is 24.9 Å². The lowest BCUT2D eigenvalue weighted by Crippen LogP contribution is -2.02. The molecule has 0 fully saturated rings. The second-order valence-electron chi connectivity index (χ2n) is 3.97. The van der Waals surface area contributed by atoms with Crippen molar-refractivity contribution in [1.29, 1.82) is 0 Å². The molecule has 0 amide bonds. The standard InChI is InChI=1S/C13H12BrFN2O2S/c1-19-12(18)5-3-9-7-20-13(16-9)17-11-6-8(14)2-4-10(11)15/h2,4,6-7H,3,5H2,1H3,(H,16,17). The molecule has 2 rings (SSSR count). The van der Waals surface area contributed by atoms with E-state index in [0.717, 1.165) is 10.2 Å². The Labute approximate surface area is 128 Å². The molecule has 0 aliphatic carbocycles. The third-order valence-electron chi connectivity index (χ3n) is 2.53. The third-order valence-corrected chi connectivity index (χ3v) is 3.83. The summed E-state index contributed by atoms with van der Waals surface area (Å²) in [6.45, 7) is 0. The van der Waals surface area contributed by atoms with Gasteiger partial charge in [-0.3, -0.25) is 4.79 Å². The number of ether oxygens (including phenoxy) is 1. The van der Waals surface area contributed by atoms with Crippen molar-refractivity contribution in [2.45, 2.75) is 12.8 Å². The van der Waals surface area contributed by atoms with Crippen LogP contribution in [0.25, 0.3) is 0 Å². The van der Waals surface area contributed by atoms with Gasteiger partial charge in [-0.25, -0.2) is 9.37 Å². The molecule has 0 bridgehead atoms. The Kier molecular flexibility index (Phi) is 5.08. The summed E-state index contributed by atoms with van der Waals surface area (Å²) in [5.41, 5.74) is 1.13. The van der Waals surface area contributed by atoms with E-state index in [1.807, 2.05) is 5.38 Å². The van der Waals surface area contributed by atoms with Gasteiger partial charge in [-0.2, -0.15) is 0 Å². The Hall–Kier alpha value is -1.47. The number of aryl methyl sites for hydroxylation is 1. The van der Waals surface area contributed by atoms with Crippen LogP contribution in [0, 0.1) is 5.82 Å². The van der Waals surface area contributed by atoms with Crippen LogP contribution in [0.2, 0.25) is 0 Å². The van der Waals surface area contributed by atoms with Gasteiger partial charge in [0.1, 0.15) is 5.82 Å². The second-order valence-corrected chi connectivity index (χ2v) is 5.74. The fourth-order valence-corrected chi connectivity index (χ4v) is 2.64. The zero-order valence-corrected chi connectivity index (χ0v) is 13.1. The summed E-state index contributed by atoms with van der Waals surface area (Å²) in [5, 5.41) is 5.34. The number of nitrogens with one attached hydrogen (secondary N) is 1. The van der Waals surface area contributed by atoms with Crippen molar-refractivity contribution in [2.24, 2.45) is 0 Å². The summed E-state index contributed by atoms with van der Waals surface area (Å²) in [4.78, 5) is 15.3. The van der Waals surface area contributed by atoms with Crippen LogP contribution in [-0.2, 0) is 16.0 Å². The fraction of sp³-hybridized carbons (Fsp3) is 0.231. The molecule has 0 unspecified atom stereocenters. The minimum absolute atomic E-state index is 0.273. The van der Waals surface area contributed by atoms with Gasteiger partial charge in [-0.1, -0.05) is 15.9 Å². The normalized spacial score (nSPS) is 10.3. The zero-order chi connectivity index (χ0) is 14.5. The SMILES string of the molecule is COC(=O)CCc1csc(Nc2cc(Br)ccc2F)n1. The van der Waals surface area contributed by atoms with Crippen LogP contribution in [0.3, 0.4) is 0 Å². The number of aromatic nitrogens is 1. The molecule has 0 spiro atoms. The minimum Gasteiger partial charge on any atom is -0.469 e. The summed E-state index contributed by atoms with van der Waals surface area (Å²) >= 11 is 4.65. The summed E-state index contributed by atoms with van der Waals surface area (Å²) in [6.07, 6.45) is 0.788. The molecule has 7 heteroatoms. The molecule has 1 aromatic heterocycles. The average molecular weight is 359 g/mol. The summed E-state index contributed by atoms with van der Waals surface area (Å²) in [5.74, 6) is -0.620. The van der Waals surface area contributed by atoms with Gasteiger partial charge in [-0.15, -0.1) is 11.3 Å². The summed E-state index contributed by atoms with van der Waals surface area (Å²) in [7, 11) is 1.35. The van der Waals surface area contributed by atoms with Crippen LogP contribution in [0.15, 0.2) is 28.1 Å². The molecule has 20 heavy (non-hydrogen) atoms. The molecule has 0 atom stereocenters. The first-order chi connectivity index (χ1) is 9.58. The fourth-order valence-electron chi connectivity index (χ4n) is 1.52. The molecule has 1 heterocycles. The molecule has 1 aromatic carbocycles. The van der Waals surface area contributed by atoms with E-state index in [2.05, 4.69) is 31.0 Å². The number of anilines is 2. The van der Waals surface area contributed by atoms with Crippen molar-refractivity contribution < 1.29 is 13.9 Å². The third kappa shape index (κ3) is 4.01. The van der Waals surface area contributed by atoms with Gasteiger partial charge in [0.15, 0.2) is 5.13 Å². The van der Waals surface area contributed by atoms with Gasteiger partial charge in [0.2, 0.25) is 0 Å². The van der Waals surface area contributed by atoms with E-state index in [1.54, 1.807) is 12.1 Å². The maximum atomic E-state index is 13.6. The molecule has 4 nitrogen and oxygen atoms in total. The van der Waals surface area contributed by atoms with Crippen LogP contribution in [0.4, 0.5) is 15.2 Å². The van der Waals surface area contributed by atoms with E-state index in [0.29, 0.717) is 17.2 Å². The molecule has 106 valence electrons. The summed E-state index contributed by atoms with van der Waals surface area (Å²) in [6, 6.07) is 4.65. The Balaban J connectivity index is 2.02. The van der Waals surface area contributed by atoms with Crippen molar-refractivity contribution in [2.75, 3.05) is 12.4 Å². The lowest BCUT2D eigenvalue weighted by atomic mass is 10.2. The van der Waals surface area contributed by atoms with Crippen LogP contribution in [-0.4, -0.2) is 18.1 Å². The number of halogens is 2. The number of methoxy groups -OCH3 is 1. The molecule has 1 N–H and O–H groups in total. The number of esters is 1. The minimum atomic E-state index is -0.348. The number of benzene rings is 1. The highest BCUT2D eigenvalue weighted by atomic mass is 79.9. The number of carbonyl (C=O) groups is 1. The highest BCUT2D eigenvalue weighted by Gasteiger charge is 2.08. The summed E-state index contributed by atoms with van der Waals surface area (Å²) < 4.78 is 18.9. The monoisotopic (exact) mass is 358 g/mol. The van der Waals surface area contributed by atoms with Gasteiger partial charge in [0.25, 0.3) is 0 Å². The van der Waals surface area contributed by atoms with E-state index in [4.69, 9.17) is 0 Å². The number of carbonyl (C=O) groups excluding carboxylic acids is 1. The van der Waals surface area contributed by atoms with Crippen molar-refractivity contribution in [3.05, 3.63) is 39.6 Å². The quantitative estimate of drug-likeness (QED) is 0.823. The first-order valence-electron chi connectivity index (χ1n) is 5.82. The van der Waals surface area contributed by atoms with Gasteiger partial charge in [0, 0.05) is 16.3 Å². The van der Waals surface area contributed by atoms with Crippen molar-refractivity contribution in [3.63, 3.8) is 0 Å². The van der Waals surface area contributed by atoms with Crippen LogP contribution in [0.1, 0.15) is 12.1 Å². The van der Waals surface area contributed by atoms with Crippen LogP contribution in [0.5, 0.6) is 0 Å². The Morgan fingerprint density at radius 2 is 2.35 bits per heavy atom. The average Bonchev–Trinajstić information content (AvgIpc) is 2.88. The van der Waals surface area contributed by atoms with Crippen molar-refractivity contribution >= 4 is 44.1 Å². The van der Waals surface area contributed by atoms with Gasteiger partial charge < -0.3 is 10.1 Å². The molecule has 0 saturated heterocycles. The predicted molar refractivity (Wildman–Crippen MR) is 79.8 cm³/mol. The molecule has 2 aromatic rings. The molecular weight excluding hydrogens is 347 g/mol.